The minimum atomic E-state index is -2.00. The topological polar surface area (TPSA) is 102 Å². The lowest BCUT2D eigenvalue weighted by Gasteiger charge is -2.40. The zero-order valence-corrected chi connectivity index (χ0v) is 15.5. The van der Waals surface area contributed by atoms with Crippen LogP contribution in [-0.4, -0.2) is 53.4 Å². The van der Waals surface area contributed by atoms with E-state index < -0.39 is 35.5 Å². The van der Waals surface area contributed by atoms with Gasteiger partial charge in [-0.25, -0.2) is 9.59 Å². The molecule has 1 fully saturated rings. The molecule has 1 amide bonds. The van der Waals surface area contributed by atoms with E-state index in [-0.39, 0.29) is 25.4 Å². The summed E-state index contributed by atoms with van der Waals surface area (Å²) in [5.74, 6) is -3.27. The number of ether oxygens (including phenoxy) is 2. The highest BCUT2D eigenvalue weighted by molar-refractivity contribution is 6.14. The average molecular weight is 374 g/mol. The third-order valence-electron chi connectivity index (χ3n) is 5.01. The standard InChI is InChI=1S/C19H22N2O6/c1-4-26-17(24)19(18(25)27-5-2)10-13(11(3)22)15-20-14-9-7-6-8-12(14)16(23)21(15)19/h6-9,13,15,20H,4-5,10H2,1-3H3. The lowest BCUT2D eigenvalue weighted by atomic mass is 9.89. The Morgan fingerprint density at radius 1 is 1.15 bits per heavy atom. The number of fused-ring (bicyclic) bond motifs is 2. The van der Waals surface area contributed by atoms with E-state index in [9.17, 15) is 19.2 Å². The molecule has 0 spiro atoms. The van der Waals surface area contributed by atoms with Gasteiger partial charge in [-0.3, -0.25) is 14.5 Å². The summed E-state index contributed by atoms with van der Waals surface area (Å²) in [7, 11) is 0. The first-order chi connectivity index (χ1) is 12.9. The number of ketones is 1. The zero-order chi connectivity index (χ0) is 19.8. The zero-order valence-electron chi connectivity index (χ0n) is 15.5. The fraction of sp³-hybridized carbons (Fsp3) is 0.474. The van der Waals surface area contributed by atoms with Gasteiger partial charge >= 0.3 is 11.9 Å². The van der Waals surface area contributed by atoms with E-state index >= 15 is 0 Å². The van der Waals surface area contributed by atoms with Crippen molar-refractivity contribution < 1.29 is 28.7 Å². The van der Waals surface area contributed by atoms with Crippen molar-refractivity contribution in [2.45, 2.75) is 38.9 Å². The predicted octanol–water partition coefficient (Wildman–Crippen LogP) is 1.35. The minimum absolute atomic E-state index is 0.0292. The first-order valence-electron chi connectivity index (χ1n) is 8.92. The molecule has 2 aliphatic rings. The molecule has 3 rings (SSSR count). The number of carbonyl (C=O) groups is 4. The Labute approximate surface area is 156 Å². The summed E-state index contributed by atoms with van der Waals surface area (Å²) in [6.45, 7) is 4.65. The van der Waals surface area contributed by atoms with Gasteiger partial charge in [-0.2, -0.15) is 0 Å². The number of hydrogen-bond acceptors (Lipinski definition) is 7. The molecule has 2 atom stereocenters. The molecule has 0 bridgehead atoms. The summed E-state index contributed by atoms with van der Waals surface area (Å²) in [5.41, 5.74) is -1.13. The molecule has 1 aromatic carbocycles. The monoisotopic (exact) mass is 374 g/mol. The SMILES string of the molecule is CCOC(=O)C1(C(=O)OCC)CC(C(C)=O)C2Nc3ccccc3C(=O)N21. The van der Waals surface area contributed by atoms with Gasteiger partial charge in [0.25, 0.3) is 5.91 Å². The summed E-state index contributed by atoms with van der Waals surface area (Å²) in [6.07, 6.45) is -1.02. The second kappa shape index (κ2) is 7.02. The van der Waals surface area contributed by atoms with Crippen LogP contribution in [0.15, 0.2) is 24.3 Å². The van der Waals surface area contributed by atoms with Gasteiger partial charge in [0.1, 0.15) is 11.9 Å². The van der Waals surface area contributed by atoms with Crippen LogP contribution in [0.1, 0.15) is 37.6 Å². The van der Waals surface area contributed by atoms with Crippen molar-refractivity contribution in [1.82, 2.24) is 4.90 Å². The van der Waals surface area contributed by atoms with Gasteiger partial charge in [0, 0.05) is 12.1 Å². The minimum Gasteiger partial charge on any atom is -0.464 e. The first kappa shape index (κ1) is 18.9. The lowest BCUT2D eigenvalue weighted by molar-refractivity contribution is -0.171. The van der Waals surface area contributed by atoms with Crippen LogP contribution >= 0.6 is 0 Å². The molecule has 1 aromatic rings. The lowest BCUT2D eigenvalue weighted by Crippen LogP contribution is -2.64. The number of nitrogens with one attached hydrogen (secondary N) is 1. The number of benzene rings is 1. The molecule has 8 heteroatoms. The first-order valence-corrected chi connectivity index (χ1v) is 8.92. The van der Waals surface area contributed by atoms with Crippen LogP contribution in [0.2, 0.25) is 0 Å². The molecular weight excluding hydrogens is 352 g/mol. The van der Waals surface area contributed by atoms with Gasteiger partial charge in [-0.05, 0) is 32.9 Å². The number of rotatable bonds is 5. The fourth-order valence-electron chi connectivity index (χ4n) is 3.81. The highest BCUT2D eigenvalue weighted by Gasteiger charge is 2.67. The van der Waals surface area contributed by atoms with Gasteiger partial charge in [-0.1, -0.05) is 12.1 Å². The third kappa shape index (κ3) is 2.75. The number of carbonyl (C=O) groups excluding carboxylic acids is 4. The molecule has 1 N–H and O–H groups in total. The second-order valence-electron chi connectivity index (χ2n) is 6.53. The maximum Gasteiger partial charge on any atom is 0.344 e. The van der Waals surface area contributed by atoms with Crippen molar-refractivity contribution in [2.24, 2.45) is 5.92 Å². The van der Waals surface area contributed by atoms with Gasteiger partial charge in [-0.15, -0.1) is 0 Å². The summed E-state index contributed by atoms with van der Waals surface area (Å²) in [6, 6.07) is 6.77. The van der Waals surface area contributed by atoms with Gasteiger partial charge in [0.15, 0.2) is 0 Å². The highest BCUT2D eigenvalue weighted by Crippen LogP contribution is 2.45. The molecule has 1 saturated heterocycles. The van der Waals surface area contributed by atoms with Crippen LogP contribution in [0.5, 0.6) is 0 Å². The fourth-order valence-corrected chi connectivity index (χ4v) is 3.81. The molecule has 144 valence electrons. The van der Waals surface area contributed by atoms with Gasteiger partial charge < -0.3 is 14.8 Å². The molecule has 0 aromatic heterocycles. The smallest absolute Gasteiger partial charge is 0.344 e. The highest BCUT2D eigenvalue weighted by atomic mass is 16.6. The van der Waals surface area contributed by atoms with Crippen molar-refractivity contribution in [3.8, 4) is 0 Å². The van der Waals surface area contributed by atoms with Gasteiger partial charge in [0.05, 0.1) is 24.7 Å². The van der Waals surface area contributed by atoms with Crippen molar-refractivity contribution in [3.63, 3.8) is 0 Å². The number of Topliss-reactive ketones (excluding diaryl/α,β-unsaturated/α-hetero) is 1. The molecule has 27 heavy (non-hydrogen) atoms. The van der Waals surface area contributed by atoms with E-state index in [2.05, 4.69) is 5.32 Å². The number of para-hydroxylation sites is 1. The number of hydrogen-bond donors (Lipinski definition) is 1. The van der Waals surface area contributed by atoms with Crippen molar-refractivity contribution in [3.05, 3.63) is 29.8 Å². The Bertz CT molecular complexity index is 787. The van der Waals surface area contributed by atoms with Crippen molar-refractivity contribution in [1.29, 1.82) is 0 Å². The van der Waals surface area contributed by atoms with Gasteiger partial charge in [0.2, 0.25) is 5.54 Å². The molecule has 0 saturated carbocycles. The molecule has 0 radical (unpaired) electrons. The van der Waals surface area contributed by atoms with Crippen molar-refractivity contribution in [2.75, 3.05) is 18.5 Å². The quantitative estimate of drug-likeness (QED) is 0.613. The number of anilines is 1. The average Bonchev–Trinajstić information content (AvgIpc) is 2.99. The number of esters is 2. The van der Waals surface area contributed by atoms with E-state index in [1.54, 1.807) is 38.1 Å². The summed E-state index contributed by atoms with van der Waals surface area (Å²) >= 11 is 0. The second-order valence-corrected chi connectivity index (χ2v) is 6.53. The Hall–Kier alpha value is -2.90. The van der Waals surface area contributed by atoms with Crippen LogP contribution in [0.25, 0.3) is 0 Å². The van der Waals surface area contributed by atoms with Crippen LogP contribution in [0, 0.1) is 5.92 Å². The van der Waals surface area contributed by atoms with E-state index in [1.807, 2.05) is 0 Å². The molecule has 2 heterocycles. The van der Waals surface area contributed by atoms with Crippen LogP contribution in [0.4, 0.5) is 5.69 Å². The predicted molar refractivity (Wildman–Crippen MR) is 94.8 cm³/mol. The van der Waals surface area contributed by atoms with Crippen molar-refractivity contribution >= 4 is 29.3 Å². The normalized spacial score (nSPS) is 22.3. The van der Waals surface area contributed by atoms with Crippen LogP contribution in [-0.2, 0) is 23.9 Å². The molecule has 2 aliphatic heterocycles. The van der Waals surface area contributed by atoms with E-state index in [1.165, 1.54) is 6.92 Å². The van der Waals surface area contributed by atoms with E-state index in [4.69, 9.17) is 9.47 Å². The summed E-state index contributed by atoms with van der Waals surface area (Å²) in [4.78, 5) is 52.5. The Balaban J connectivity index is 2.19. The number of amides is 1. The van der Waals surface area contributed by atoms with E-state index in [0.717, 1.165) is 4.90 Å². The molecular formula is C19H22N2O6. The summed E-state index contributed by atoms with van der Waals surface area (Å²) in [5, 5.41) is 3.14. The molecule has 2 unspecified atom stereocenters. The van der Waals surface area contributed by atoms with Crippen LogP contribution in [0.3, 0.4) is 0 Å². The largest absolute Gasteiger partial charge is 0.464 e. The Kier molecular flexibility index (Phi) is 4.91. The third-order valence-corrected chi connectivity index (χ3v) is 5.01. The Morgan fingerprint density at radius 3 is 2.30 bits per heavy atom. The molecule has 0 aliphatic carbocycles. The Morgan fingerprint density at radius 2 is 1.74 bits per heavy atom. The summed E-state index contributed by atoms with van der Waals surface area (Å²) < 4.78 is 10.3. The molecule has 8 nitrogen and oxygen atoms in total. The van der Waals surface area contributed by atoms with E-state index in [0.29, 0.717) is 11.3 Å². The maximum absolute atomic E-state index is 13.3. The number of nitrogens with zero attached hydrogens (tertiary/aromatic N) is 1. The maximum atomic E-state index is 13.3. The van der Waals surface area contributed by atoms with Crippen LogP contribution < -0.4 is 5.32 Å².